The lowest BCUT2D eigenvalue weighted by Crippen LogP contribution is -2.04. The van der Waals surface area contributed by atoms with Gasteiger partial charge >= 0.3 is 5.97 Å². The van der Waals surface area contributed by atoms with Gasteiger partial charge in [-0.1, -0.05) is 16.8 Å². The van der Waals surface area contributed by atoms with Crippen LogP contribution in [0, 0.1) is 5.82 Å². The van der Waals surface area contributed by atoms with Crippen LogP contribution in [0.25, 0.3) is 11.3 Å². The van der Waals surface area contributed by atoms with E-state index < -0.39 is 11.8 Å². The normalized spacial score (nSPS) is 10.4. The van der Waals surface area contributed by atoms with E-state index in [9.17, 15) is 9.18 Å². The number of carbonyl (C=O) groups is 1. The molecule has 1 heterocycles. The molecule has 0 atom stereocenters. The lowest BCUT2D eigenvalue weighted by atomic mass is 10.1. The van der Waals surface area contributed by atoms with E-state index in [0.717, 1.165) is 6.07 Å². The molecule has 1 aromatic heterocycles. The van der Waals surface area contributed by atoms with Gasteiger partial charge in [-0.25, -0.2) is 9.18 Å². The monoisotopic (exact) mass is 270 g/mol. The van der Waals surface area contributed by atoms with Gasteiger partial charge in [0.2, 0.25) is 5.88 Å². The Balaban J connectivity index is 2.57. The van der Waals surface area contributed by atoms with Crippen LogP contribution in [-0.4, -0.2) is 18.2 Å². The van der Waals surface area contributed by atoms with Crippen LogP contribution >= 0.6 is 11.6 Å². The summed E-state index contributed by atoms with van der Waals surface area (Å²) in [7, 11) is 1.20. The molecule has 0 amide bonds. The summed E-state index contributed by atoms with van der Waals surface area (Å²) in [5, 5.41) is 3.55. The SMILES string of the molecule is COC(=O)c1c(-c2ccc(F)c(Cl)c2)noc1N. The first-order valence-corrected chi connectivity index (χ1v) is 5.21. The van der Waals surface area contributed by atoms with Crippen molar-refractivity contribution in [3.05, 3.63) is 34.6 Å². The number of rotatable bonds is 2. The molecule has 0 aliphatic heterocycles. The molecule has 0 fully saturated rings. The number of carbonyl (C=O) groups excluding carboxylic acids is 1. The highest BCUT2D eigenvalue weighted by Crippen LogP contribution is 2.30. The fourth-order valence-electron chi connectivity index (χ4n) is 1.44. The molecule has 0 radical (unpaired) electrons. The first kappa shape index (κ1) is 12.4. The van der Waals surface area contributed by atoms with Crippen LogP contribution in [0.2, 0.25) is 5.02 Å². The Morgan fingerprint density at radius 1 is 1.56 bits per heavy atom. The molecule has 2 N–H and O–H groups in total. The largest absolute Gasteiger partial charge is 0.465 e. The van der Waals surface area contributed by atoms with Crippen molar-refractivity contribution in [3.63, 3.8) is 0 Å². The third-order valence-corrected chi connectivity index (χ3v) is 2.59. The number of hydrogen-bond donors (Lipinski definition) is 1. The molecule has 0 aliphatic rings. The van der Waals surface area contributed by atoms with Gasteiger partial charge in [0.15, 0.2) is 5.56 Å². The molecular weight excluding hydrogens is 263 g/mol. The van der Waals surface area contributed by atoms with Crippen molar-refractivity contribution in [2.24, 2.45) is 0 Å². The Morgan fingerprint density at radius 3 is 2.89 bits per heavy atom. The minimum Gasteiger partial charge on any atom is -0.465 e. The number of ether oxygens (including phenoxy) is 1. The number of methoxy groups -OCH3 is 1. The smallest absolute Gasteiger partial charge is 0.345 e. The molecule has 5 nitrogen and oxygen atoms in total. The summed E-state index contributed by atoms with van der Waals surface area (Å²) in [4.78, 5) is 11.5. The highest BCUT2D eigenvalue weighted by Gasteiger charge is 2.23. The molecule has 18 heavy (non-hydrogen) atoms. The van der Waals surface area contributed by atoms with Crippen LogP contribution < -0.4 is 5.73 Å². The molecule has 1 aromatic carbocycles. The second-order valence-electron chi connectivity index (χ2n) is 3.39. The molecule has 0 bridgehead atoms. The Labute approximate surface area is 106 Å². The standard InChI is InChI=1S/C11H8ClFN2O3/c1-17-11(16)8-9(15-18-10(8)14)5-2-3-7(13)6(12)4-5/h2-4H,14H2,1H3. The number of nitrogen functional groups attached to an aromatic ring is 1. The van der Waals surface area contributed by atoms with Gasteiger partial charge in [-0.05, 0) is 18.2 Å². The van der Waals surface area contributed by atoms with Crippen molar-refractivity contribution in [2.75, 3.05) is 12.8 Å². The molecule has 2 rings (SSSR count). The van der Waals surface area contributed by atoms with E-state index in [1.807, 2.05) is 0 Å². The zero-order valence-corrected chi connectivity index (χ0v) is 9.99. The van der Waals surface area contributed by atoms with Gasteiger partial charge in [-0.15, -0.1) is 0 Å². The predicted molar refractivity (Wildman–Crippen MR) is 62.7 cm³/mol. The number of nitrogens with two attached hydrogens (primary N) is 1. The van der Waals surface area contributed by atoms with E-state index in [4.69, 9.17) is 21.9 Å². The number of esters is 1. The average molecular weight is 271 g/mol. The third kappa shape index (κ3) is 2.02. The van der Waals surface area contributed by atoms with Crippen LogP contribution in [0.4, 0.5) is 10.3 Å². The van der Waals surface area contributed by atoms with Gasteiger partial charge in [0.1, 0.15) is 11.5 Å². The number of nitrogens with zero attached hydrogens (tertiary/aromatic N) is 1. The van der Waals surface area contributed by atoms with Crippen molar-refractivity contribution < 1.29 is 18.4 Å². The lowest BCUT2D eigenvalue weighted by Gasteiger charge is -2.01. The summed E-state index contributed by atoms with van der Waals surface area (Å²) >= 11 is 5.66. The minimum atomic E-state index is -0.691. The Bertz CT molecular complexity index is 612. The fourth-order valence-corrected chi connectivity index (χ4v) is 1.62. The zero-order chi connectivity index (χ0) is 13.3. The maximum Gasteiger partial charge on any atom is 0.345 e. The first-order valence-electron chi connectivity index (χ1n) is 4.83. The second kappa shape index (κ2) is 4.66. The summed E-state index contributed by atoms with van der Waals surface area (Å²) in [6, 6.07) is 3.88. The fraction of sp³-hybridized carbons (Fsp3) is 0.0909. The first-order chi connectivity index (χ1) is 8.54. The topological polar surface area (TPSA) is 78.3 Å². The van der Waals surface area contributed by atoms with Crippen molar-refractivity contribution in [1.82, 2.24) is 5.16 Å². The average Bonchev–Trinajstić information content (AvgIpc) is 2.74. The zero-order valence-electron chi connectivity index (χ0n) is 9.24. The quantitative estimate of drug-likeness (QED) is 0.848. The van der Waals surface area contributed by atoms with Crippen LogP contribution in [0.3, 0.4) is 0 Å². The summed E-state index contributed by atoms with van der Waals surface area (Å²) in [6.07, 6.45) is 0. The van der Waals surface area contributed by atoms with Gasteiger partial charge in [-0.2, -0.15) is 0 Å². The maximum atomic E-state index is 13.1. The summed E-state index contributed by atoms with van der Waals surface area (Å²) in [5.41, 5.74) is 6.03. The van der Waals surface area contributed by atoms with Gasteiger partial charge in [0, 0.05) is 5.56 Å². The van der Waals surface area contributed by atoms with E-state index in [-0.39, 0.29) is 22.2 Å². The molecule has 0 saturated carbocycles. The van der Waals surface area contributed by atoms with E-state index in [2.05, 4.69) is 9.89 Å². The van der Waals surface area contributed by atoms with Crippen LogP contribution in [0.1, 0.15) is 10.4 Å². The molecule has 0 unspecified atom stereocenters. The van der Waals surface area contributed by atoms with Crippen molar-refractivity contribution in [2.45, 2.75) is 0 Å². The van der Waals surface area contributed by atoms with Gasteiger partial charge in [0.25, 0.3) is 0 Å². The second-order valence-corrected chi connectivity index (χ2v) is 3.80. The number of hydrogen-bond acceptors (Lipinski definition) is 5. The molecule has 0 aliphatic carbocycles. The van der Waals surface area contributed by atoms with E-state index in [1.165, 1.54) is 19.2 Å². The lowest BCUT2D eigenvalue weighted by molar-refractivity contribution is 0.0602. The highest BCUT2D eigenvalue weighted by atomic mass is 35.5. The summed E-state index contributed by atoms with van der Waals surface area (Å²) < 4.78 is 22.4. The molecule has 0 saturated heterocycles. The molecule has 94 valence electrons. The van der Waals surface area contributed by atoms with E-state index in [1.54, 1.807) is 0 Å². The van der Waals surface area contributed by atoms with Crippen molar-refractivity contribution in [3.8, 4) is 11.3 Å². The van der Waals surface area contributed by atoms with Crippen molar-refractivity contribution >= 4 is 23.5 Å². The van der Waals surface area contributed by atoms with Crippen LogP contribution in [0.5, 0.6) is 0 Å². The minimum absolute atomic E-state index is 0.0137. The summed E-state index contributed by atoms with van der Waals surface area (Å²) in [6.45, 7) is 0. The van der Waals surface area contributed by atoms with Crippen LogP contribution in [-0.2, 0) is 4.74 Å². The number of benzene rings is 1. The van der Waals surface area contributed by atoms with Gasteiger partial charge in [-0.3, -0.25) is 0 Å². The van der Waals surface area contributed by atoms with E-state index in [0.29, 0.717) is 5.56 Å². The molecule has 2 aromatic rings. The van der Waals surface area contributed by atoms with E-state index >= 15 is 0 Å². The Hall–Kier alpha value is -2.08. The number of aromatic nitrogens is 1. The Kier molecular flexibility index (Phi) is 3.20. The number of halogens is 2. The highest BCUT2D eigenvalue weighted by molar-refractivity contribution is 6.31. The van der Waals surface area contributed by atoms with Crippen LogP contribution in [0.15, 0.2) is 22.7 Å². The van der Waals surface area contributed by atoms with Gasteiger partial charge < -0.3 is 15.0 Å². The number of anilines is 1. The Morgan fingerprint density at radius 2 is 2.28 bits per heavy atom. The molecule has 7 heteroatoms. The molecular formula is C11H8ClFN2O3. The van der Waals surface area contributed by atoms with Gasteiger partial charge in [0.05, 0.1) is 12.1 Å². The third-order valence-electron chi connectivity index (χ3n) is 2.30. The van der Waals surface area contributed by atoms with Crippen molar-refractivity contribution in [1.29, 1.82) is 0 Å². The molecule has 0 spiro atoms. The maximum absolute atomic E-state index is 13.1. The summed E-state index contributed by atoms with van der Waals surface area (Å²) in [5.74, 6) is -1.43. The predicted octanol–water partition coefficient (Wildman–Crippen LogP) is 2.50.